The zero-order chi connectivity index (χ0) is 17.7. The average molecular weight is 335 g/mol. The van der Waals surface area contributed by atoms with E-state index < -0.39 is 8.07 Å². The lowest BCUT2D eigenvalue weighted by molar-refractivity contribution is 0.838. The lowest BCUT2D eigenvalue weighted by Gasteiger charge is -2.38. The van der Waals surface area contributed by atoms with Crippen LogP contribution in [0.25, 0.3) is 11.1 Å². The summed E-state index contributed by atoms with van der Waals surface area (Å²) in [5, 5.41) is 0. The van der Waals surface area contributed by atoms with Crippen molar-refractivity contribution in [3.05, 3.63) is 60.2 Å². The first-order chi connectivity index (χ1) is 11.4. The van der Waals surface area contributed by atoms with Crippen molar-refractivity contribution in [2.45, 2.75) is 58.2 Å². The van der Waals surface area contributed by atoms with E-state index >= 15 is 0 Å². The second-order valence-electron chi connectivity index (χ2n) is 7.59. The van der Waals surface area contributed by atoms with Crippen LogP contribution in [0.2, 0.25) is 16.6 Å². The number of rotatable bonds is 4. The zero-order valence-corrected chi connectivity index (χ0v) is 16.9. The Kier molecular flexibility index (Phi) is 6.08. The number of hydrogen-bond donors (Lipinski definition) is 0. The van der Waals surface area contributed by atoms with Crippen molar-refractivity contribution in [1.82, 2.24) is 0 Å². The van der Waals surface area contributed by atoms with Crippen molar-refractivity contribution in [3.8, 4) is 22.6 Å². The summed E-state index contributed by atoms with van der Waals surface area (Å²) in [7, 11) is -1.67. The van der Waals surface area contributed by atoms with Crippen LogP contribution in [0.3, 0.4) is 0 Å². The van der Waals surface area contributed by atoms with Crippen molar-refractivity contribution in [2.24, 2.45) is 0 Å². The van der Waals surface area contributed by atoms with Gasteiger partial charge in [-0.1, -0.05) is 89.9 Å². The second kappa shape index (κ2) is 7.86. The van der Waals surface area contributed by atoms with Gasteiger partial charge in [0.2, 0.25) is 0 Å². The third-order valence-corrected chi connectivity index (χ3v) is 11.5. The summed E-state index contributed by atoms with van der Waals surface area (Å²) < 4.78 is 0. The Morgan fingerprint density at radius 2 is 1.21 bits per heavy atom. The summed E-state index contributed by atoms with van der Waals surface area (Å²) in [6.07, 6.45) is 0. The van der Waals surface area contributed by atoms with E-state index in [1.807, 2.05) is 0 Å². The molecule has 126 valence electrons. The molecule has 2 rings (SSSR count). The molecule has 24 heavy (non-hydrogen) atoms. The Labute approximate surface area is 149 Å². The molecule has 0 fully saturated rings. The Bertz CT molecular complexity index is 693. The molecule has 0 aliphatic heterocycles. The fourth-order valence-corrected chi connectivity index (χ4v) is 9.25. The summed E-state index contributed by atoms with van der Waals surface area (Å²) in [6.45, 7) is 14.2. The Morgan fingerprint density at radius 3 is 1.75 bits per heavy atom. The van der Waals surface area contributed by atoms with Gasteiger partial charge in [-0.15, -0.1) is 5.54 Å². The topological polar surface area (TPSA) is 0 Å². The fourth-order valence-electron chi connectivity index (χ4n) is 4.02. The van der Waals surface area contributed by atoms with E-state index in [2.05, 4.69) is 108 Å². The van der Waals surface area contributed by atoms with Gasteiger partial charge in [0.1, 0.15) is 8.07 Å². The summed E-state index contributed by atoms with van der Waals surface area (Å²) in [5.74, 6) is 3.55. The standard InChI is InChI=1S/C23H30Si/c1-18(2)24(19(3)4,20(5)6)16-15-21-11-10-14-23(17-21)22-12-8-7-9-13-22/h7-14,17-20H,1-6H3. The Morgan fingerprint density at radius 1 is 0.667 bits per heavy atom. The van der Waals surface area contributed by atoms with Gasteiger partial charge >= 0.3 is 0 Å². The molecule has 0 radical (unpaired) electrons. The maximum atomic E-state index is 3.82. The molecule has 0 bridgehead atoms. The predicted octanol–water partition coefficient (Wildman–Crippen LogP) is 6.92. The van der Waals surface area contributed by atoms with E-state index in [4.69, 9.17) is 0 Å². The van der Waals surface area contributed by atoms with Gasteiger partial charge in [-0.05, 0) is 39.9 Å². The van der Waals surface area contributed by atoms with Gasteiger partial charge in [-0.25, -0.2) is 0 Å². The molecule has 0 unspecified atom stereocenters. The van der Waals surface area contributed by atoms with Crippen LogP contribution in [0.1, 0.15) is 47.1 Å². The Hall–Kier alpha value is -1.78. The van der Waals surface area contributed by atoms with Gasteiger partial charge in [-0.2, -0.15) is 0 Å². The van der Waals surface area contributed by atoms with Crippen LogP contribution in [-0.2, 0) is 0 Å². The summed E-state index contributed by atoms with van der Waals surface area (Å²) in [6, 6.07) is 19.2. The van der Waals surface area contributed by atoms with Crippen molar-refractivity contribution >= 4 is 8.07 Å². The van der Waals surface area contributed by atoms with Crippen LogP contribution in [0.15, 0.2) is 54.6 Å². The van der Waals surface area contributed by atoms with Crippen LogP contribution in [0.4, 0.5) is 0 Å². The molecule has 0 aliphatic carbocycles. The third kappa shape index (κ3) is 3.82. The molecule has 0 saturated heterocycles. The van der Waals surface area contributed by atoms with Crippen LogP contribution in [0.5, 0.6) is 0 Å². The molecule has 2 aromatic rings. The monoisotopic (exact) mass is 334 g/mol. The highest BCUT2D eigenvalue weighted by Gasteiger charge is 2.41. The van der Waals surface area contributed by atoms with Crippen molar-refractivity contribution in [3.63, 3.8) is 0 Å². The highest BCUT2D eigenvalue weighted by Crippen LogP contribution is 2.40. The van der Waals surface area contributed by atoms with Gasteiger partial charge in [0.15, 0.2) is 0 Å². The second-order valence-corrected chi connectivity index (χ2v) is 13.2. The van der Waals surface area contributed by atoms with Gasteiger partial charge in [0, 0.05) is 5.56 Å². The first-order valence-electron chi connectivity index (χ1n) is 9.06. The molecular weight excluding hydrogens is 304 g/mol. The largest absolute Gasteiger partial charge is 0.146 e. The molecule has 2 aromatic carbocycles. The molecule has 0 aliphatic rings. The highest BCUT2D eigenvalue weighted by molar-refractivity contribution is 6.90. The Balaban J connectivity index is 2.43. The maximum Gasteiger partial charge on any atom is 0.146 e. The van der Waals surface area contributed by atoms with Gasteiger partial charge < -0.3 is 0 Å². The quantitative estimate of drug-likeness (QED) is 0.420. The SMILES string of the molecule is CC(C)[Si](C#Cc1cccc(-c2ccccc2)c1)(C(C)C)C(C)C. The molecule has 0 nitrogen and oxygen atoms in total. The average Bonchev–Trinajstić information content (AvgIpc) is 2.55. The maximum absolute atomic E-state index is 3.82. The van der Waals surface area contributed by atoms with Gasteiger partial charge in [0.05, 0.1) is 0 Å². The molecule has 0 amide bonds. The predicted molar refractivity (Wildman–Crippen MR) is 110 cm³/mol. The van der Waals surface area contributed by atoms with Gasteiger partial charge in [-0.3, -0.25) is 0 Å². The van der Waals surface area contributed by atoms with Crippen LogP contribution >= 0.6 is 0 Å². The van der Waals surface area contributed by atoms with Crippen LogP contribution in [0, 0.1) is 11.5 Å². The van der Waals surface area contributed by atoms with Crippen molar-refractivity contribution in [2.75, 3.05) is 0 Å². The zero-order valence-electron chi connectivity index (χ0n) is 15.9. The van der Waals surface area contributed by atoms with E-state index in [-0.39, 0.29) is 0 Å². The lowest BCUT2D eigenvalue weighted by atomic mass is 10.0. The van der Waals surface area contributed by atoms with Crippen LogP contribution < -0.4 is 0 Å². The normalized spacial score (nSPS) is 11.7. The molecular formula is C23H30Si. The van der Waals surface area contributed by atoms with E-state index in [1.165, 1.54) is 11.1 Å². The fraction of sp³-hybridized carbons (Fsp3) is 0.391. The summed E-state index contributed by atoms with van der Waals surface area (Å²) in [5.41, 5.74) is 9.45. The minimum atomic E-state index is -1.67. The van der Waals surface area contributed by atoms with Crippen molar-refractivity contribution < 1.29 is 0 Å². The minimum Gasteiger partial charge on any atom is -0.125 e. The minimum absolute atomic E-state index is 0.669. The van der Waals surface area contributed by atoms with Gasteiger partial charge in [0.25, 0.3) is 0 Å². The third-order valence-electron chi connectivity index (χ3n) is 5.26. The van der Waals surface area contributed by atoms with Crippen LogP contribution in [-0.4, -0.2) is 8.07 Å². The van der Waals surface area contributed by atoms with Crippen molar-refractivity contribution in [1.29, 1.82) is 0 Å². The van der Waals surface area contributed by atoms with E-state index in [0.29, 0.717) is 16.6 Å². The molecule has 0 N–H and O–H groups in total. The molecule has 0 saturated carbocycles. The van der Waals surface area contributed by atoms with E-state index in [9.17, 15) is 0 Å². The summed E-state index contributed by atoms with van der Waals surface area (Å²) in [4.78, 5) is 0. The first-order valence-corrected chi connectivity index (χ1v) is 11.3. The molecule has 0 spiro atoms. The highest BCUT2D eigenvalue weighted by atomic mass is 28.3. The summed E-state index contributed by atoms with van der Waals surface area (Å²) >= 11 is 0. The number of benzene rings is 2. The molecule has 0 heterocycles. The lowest BCUT2D eigenvalue weighted by Crippen LogP contribution is -2.43. The number of hydrogen-bond acceptors (Lipinski definition) is 0. The molecule has 0 aromatic heterocycles. The van der Waals surface area contributed by atoms with E-state index in [0.717, 1.165) is 5.56 Å². The molecule has 0 atom stereocenters. The van der Waals surface area contributed by atoms with E-state index in [1.54, 1.807) is 0 Å². The smallest absolute Gasteiger partial charge is 0.125 e. The molecule has 1 heteroatoms. The first kappa shape index (κ1) is 18.6.